The monoisotopic (exact) mass is 393 g/mol. The molecule has 154 valence electrons. The number of nitrogens with zero attached hydrogens (tertiary/aromatic N) is 3. The summed E-state index contributed by atoms with van der Waals surface area (Å²) in [6.07, 6.45) is -3.93. The van der Waals surface area contributed by atoms with Crippen LogP contribution in [0.15, 0.2) is 9.59 Å². The Balaban J connectivity index is 3.08. The number of nitrogens with two attached hydrogens (primary N) is 1. The van der Waals surface area contributed by atoms with Crippen molar-refractivity contribution in [3.8, 4) is 0 Å². The highest BCUT2D eigenvalue weighted by Crippen LogP contribution is 2.20. The van der Waals surface area contributed by atoms with Crippen molar-refractivity contribution < 1.29 is 18.0 Å². The molecule has 0 unspecified atom stereocenters. The summed E-state index contributed by atoms with van der Waals surface area (Å²) < 4.78 is 38.1. The largest absolute Gasteiger partial charge is 0.390 e. The van der Waals surface area contributed by atoms with Gasteiger partial charge in [-0.1, -0.05) is 13.3 Å². The third-order valence-electron chi connectivity index (χ3n) is 4.02. The van der Waals surface area contributed by atoms with E-state index in [1.165, 1.54) is 16.5 Å². The van der Waals surface area contributed by atoms with Crippen molar-refractivity contribution in [2.24, 2.45) is 0 Å². The zero-order valence-electron chi connectivity index (χ0n) is 15.7. The predicted octanol–water partition coefficient (Wildman–Crippen LogP) is 1.16. The number of aromatic amines is 1. The molecule has 1 rings (SSSR count). The Morgan fingerprint density at radius 1 is 1.26 bits per heavy atom. The SMILES string of the molecule is CCCCn1c(N)c(N(CC)C(=O)CN(C)CCC(F)(F)F)c(=O)[nH]c1=O. The first kappa shape index (κ1) is 22.7. The van der Waals surface area contributed by atoms with Crippen LogP contribution in [-0.2, 0) is 11.3 Å². The maximum Gasteiger partial charge on any atom is 0.390 e. The Morgan fingerprint density at radius 2 is 1.89 bits per heavy atom. The molecule has 0 saturated carbocycles. The fourth-order valence-corrected chi connectivity index (χ4v) is 2.55. The lowest BCUT2D eigenvalue weighted by Crippen LogP contribution is -2.44. The number of carbonyl (C=O) groups excluding carboxylic acids is 1. The first-order chi connectivity index (χ1) is 12.5. The maximum absolute atomic E-state index is 12.5. The van der Waals surface area contributed by atoms with Crippen LogP contribution in [0, 0.1) is 0 Å². The van der Waals surface area contributed by atoms with Crippen LogP contribution in [0.3, 0.4) is 0 Å². The molecule has 0 spiro atoms. The molecule has 8 nitrogen and oxygen atoms in total. The normalized spacial score (nSPS) is 11.8. The minimum atomic E-state index is -4.32. The molecule has 1 aromatic heterocycles. The van der Waals surface area contributed by atoms with Gasteiger partial charge in [0.25, 0.3) is 5.56 Å². The first-order valence-electron chi connectivity index (χ1n) is 8.70. The van der Waals surface area contributed by atoms with Crippen molar-refractivity contribution in [1.82, 2.24) is 14.5 Å². The average molecular weight is 393 g/mol. The molecule has 0 saturated heterocycles. The molecule has 27 heavy (non-hydrogen) atoms. The van der Waals surface area contributed by atoms with E-state index in [4.69, 9.17) is 5.73 Å². The molecule has 0 aliphatic carbocycles. The molecule has 0 atom stereocenters. The molecule has 3 N–H and O–H groups in total. The van der Waals surface area contributed by atoms with Gasteiger partial charge < -0.3 is 10.6 Å². The number of H-pyrrole nitrogens is 1. The molecule has 1 aromatic rings. The number of anilines is 2. The summed E-state index contributed by atoms with van der Waals surface area (Å²) in [5, 5.41) is 0. The number of unbranched alkanes of at least 4 members (excludes halogenated alkanes) is 1. The Morgan fingerprint density at radius 3 is 2.41 bits per heavy atom. The van der Waals surface area contributed by atoms with Crippen molar-refractivity contribution in [2.75, 3.05) is 37.3 Å². The number of aromatic nitrogens is 2. The minimum Gasteiger partial charge on any atom is -0.383 e. The van der Waals surface area contributed by atoms with Gasteiger partial charge in [0.1, 0.15) is 5.82 Å². The van der Waals surface area contributed by atoms with Gasteiger partial charge in [-0.15, -0.1) is 0 Å². The lowest BCUT2D eigenvalue weighted by atomic mass is 10.3. The number of hydrogen-bond acceptors (Lipinski definition) is 5. The van der Waals surface area contributed by atoms with E-state index in [0.29, 0.717) is 6.42 Å². The molecule has 11 heteroatoms. The smallest absolute Gasteiger partial charge is 0.383 e. The van der Waals surface area contributed by atoms with E-state index in [2.05, 4.69) is 4.98 Å². The predicted molar refractivity (Wildman–Crippen MR) is 96.8 cm³/mol. The summed E-state index contributed by atoms with van der Waals surface area (Å²) in [4.78, 5) is 41.2. The topological polar surface area (TPSA) is 104 Å². The second-order valence-electron chi connectivity index (χ2n) is 6.24. The molecular formula is C16H26F3N5O3. The number of likely N-dealkylation sites (N-methyl/N-ethyl adjacent to an activating group) is 2. The number of hydrogen-bond donors (Lipinski definition) is 2. The number of carbonyl (C=O) groups is 1. The molecule has 0 aliphatic rings. The fourth-order valence-electron chi connectivity index (χ4n) is 2.55. The number of nitrogen functional groups attached to an aromatic ring is 1. The molecule has 0 aliphatic heterocycles. The van der Waals surface area contributed by atoms with Crippen molar-refractivity contribution >= 4 is 17.4 Å². The summed E-state index contributed by atoms with van der Waals surface area (Å²) in [6, 6.07) is 0. The zero-order chi connectivity index (χ0) is 20.8. The van der Waals surface area contributed by atoms with Crippen LogP contribution in [0.2, 0.25) is 0 Å². The summed E-state index contributed by atoms with van der Waals surface area (Å²) in [5.41, 5.74) is 4.34. The molecule has 1 heterocycles. The van der Waals surface area contributed by atoms with Gasteiger partial charge in [-0.25, -0.2) is 4.79 Å². The Hall–Kier alpha value is -2.30. The van der Waals surface area contributed by atoms with Crippen molar-refractivity contribution in [2.45, 2.75) is 45.8 Å². The van der Waals surface area contributed by atoms with E-state index >= 15 is 0 Å². The van der Waals surface area contributed by atoms with Crippen LogP contribution in [0.1, 0.15) is 33.1 Å². The van der Waals surface area contributed by atoms with Crippen molar-refractivity contribution in [3.63, 3.8) is 0 Å². The third-order valence-corrected chi connectivity index (χ3v) is 4.02. The van der Waals surface area contributed by atoms with E-state index in [9.17, 15) is 27.6 Å². The van der Waals surface area contributed by atoms with Crippen LogP contribution in [0.4, 0.5) is 24.7 Å². The molecule has 1 amide bonds. The van der Waals surface area contributed by atoms with Crippen LogP contribution < -0.4 is 21.9 Å². The quantitative estimate of drug-likeness (QED) is 0.655. The van der Waals surface area contributed by atoms with E-state index in [1.54, 1.807) is 6.92 Å². The van der Waals surface area contributed by atoms with Gasteiger partial charge in [0.2, 0.25) is 5.91 Å². The Bertz CT molecular complexity index is 757. The van der Waals surface area contributed by atoms with E-state index in [0.717, 1.165) is 11.3 Å². The summed E-state index contributed by atoms with van der Waals surface area (Å²) in [5.74, 6) is -0.717. The zero-order valence-corrected chi connectivity index (χ0v) is 15.7. The number of amides is 1. The minimum absolute atomic E-state index is 0.0746. The average Bonchev–Trinajstić information content (AvgIpc) is 2.55. The third kappa shape index (κ3) is 6.42. The van der Waals surface area contributed by atoms with E-state index in [1.807, 2.05) is 6.92 Å². The Labute approximate surface area is 154 Å². The van der Waals surface area contributed by atoms with Crippen LogP contribution in [0.5, 0.6) is 0 Å². The number of nitrogens with one attached hydrogen (secondary N) is 1. The number of rotatable bonds is 9. The molecule has 0 fully saturated rings. The van der Waals surface area contributed by atoms with E-state index in [-0.39, 0.29) is 37.7 Å². The molecular weight excluding hydrogens is 367 g/mol. The van der Waals surface area contributed by atoms with Gasteiger partial charge in [-0.05, 0) is 20.4 Å². The summed E-state index contributed by atoms with van der Waals surface area (Å²) in [7, 11) is 1.38. The van der Waals surface area contributed by atoms with Gasteiger partial charge in [0, 0.05) is 19.6 Å². The highest BCUT2D eigenvalue weighted by molar-refractivity contribution is 5.96. The molecule has 0 radical (unpaired) electrons. The van der Waals surface area contributed by atoms with Crippen molar-refractivity contribution in [1.29, 1.82) is 0 Å². The fraction of sp³-hybridized carbons (Fsp3) is 0.688. The van der Waals surface area contributed by atoms with Gasteiger partial charge in [0.15, 0.2) is 5.69 Å². The lowest BCUT2D eigenvalue weighted by molar-refractivity contribution is -0.138. The Kier molecular flexibility index (Phi) is 8.07. The van der Waals surface area contributed by atoms with E-state index < -0.39 is 29.8 Å². The second kappa shape index (κ2) is 9.58. The molecule has 0 bridgehead atoms. The first-order valence-corrected chi connectivity index (χ1v) is 8.70. The van der Waals surface area contributed by atoms with Gasteiger partial charge >= 0.3 is 11.9 Å². The van der Waals surface area contributed by atoms with Gasteiger partial charge in [0.05, 0.1) is 13.0 Å². The maximum atomic E-state index is 12.5. The number of halogens is 3. The highest BCUT2D eigenvalue weighted by Gasteiger charge is 2.28. The van der Waals surface area contributed by atoms with Crippen LogP contribution >= 0.6 is 0 Å². The van der Waals surface area contributed by atoms with Gasteiger partial charge in [-0.3, -0.25) is 24.0 Å². The lowest BCUT2D eigenvalue weighted by Gasteiger charge is -2.25. The summed E-state index contributed by atoms with van der Waals surface area (Å²) in [6.45, 7) is 3.21. The number of alkyl halides is 3. The molecule has 0 aromatic carbocycles. The van der Waals surface area contributed by atoms with Crippen LogP contribution in [0.25, 0.3) is 0 Å². The van der Waals surface area contributed by atoms with Crippen LogP contribution in [-0.4, -0.2) is 53.2 Å². The second-order valence-corrected chi connectivity index (χ2v) is 6.24. The standard InChI is InChI=1S/C16H26F3N5O3/c1-4-6-8-24-13(20)12(14(26)21-15(24)27)23(5-2)11(25)10-22(3)9-7-16(17,18)19/h4-10,20H2,1-3H3,(H,21,26,27). The van der Waals surface area contributed by atoms with Crippen molar-refractivity contribution in [3.05, 3.63) is 20.8 Å². The van der Waals surface area contributed by atoms with Gasteiger partial charge in [-0.2, -0.15) is 13.2 Å². The highest BCUT2D eigenvalue weighted by atomic mass is 19.4. The summed E-state index contributed by atoms with van der Waals surface area (Å²) >= 11 is 0.